The van der Waals surface area contributed by atoms with Crippen LogP contribution >= 0.6 is 0 Å². The van der Waals surface area contributed by atoms with E-state index >= 15 is 0 Å². The van der Waals surface area contributed by atoms with Crippen molar-refractivity contribution >= 4 is 11.7 Å². The van der Waals surface area contributed by atoms with Gasteiger partial charge in [-0.05, 0) is 32.0 Å². The zero-order chi connectivity index (χ0) is 13.1. The highest BCUT2D eigenvalue weighted by molar-refractivity contribution is 5.97. The number of nitrogens with zero attached hydrogens (tertiary/aromatic N) is 1. The largest absolute Gasteiger partial charge is 0.337 e. The SMILES string of the molecule is CC(=O)c1ccc(C(=O)N(C)C2CCNC2)cc1. The van der Waals surface area contributed by atoms with Gasteiger partial charge in [0.2, 0.25) is 0 Å². The highest BCUT2D eigenvalue weighted by Crippen LogP contribution is 2.12. The predicted molar refractivity (Wildman–Crippen MR) is 69.8 cm³/mol. The topological polar surface area (TPSA) is 49.4 Å². The quantitative estimate of drug-likeness (QED) is 0.818. The van der Waals surface area contributed by atoms with Crippen LogP contribution in [0, 0.1) is 0 Å². The summed E-state index contributed by atoms with van der Waals surface area (Å²) in [6, 6.07) is 7.12. The molecule has 4 heteroatoms. The summed E-state index contributed by atoms with van der Waals surface area (Å²) in [4.78, 5) is 25.2. The highest BCUT2D eigenvalue weighted by Gasteiger charge is 2.23. The molecule has 1 fully saturated rings. The van der Waals surface area contributed by atoms with Gasteiger partial charge >= 0.3 is 0 Å². The van der Waals surface area contributed by atoms with Crippen molar-refractivity contribution in [2.24, 2.45) is 0 Å². The third-order valence-corrected chi connectivity index (χ3v) is 3.44. The lowest BCUT2D eigenvalue weighted by Gasteiger charge is -2.23. The van der Waals surface area contributed by atoms with Gasteiger partial charge in [0.05, 0.1) is 0 Å². The number of hydrogen-bond donors (Lipinski definition) is 1. The van der Waals surface area contributed by atoms with E-state index in [0.29, 0.717) is 11.1 Å². The maximum Gasteiger partial charge on any atom is 0.253 e. The fourth-order valence-corrected chi connectivity index (χ4v) is 2.19. The minimum absolute atomic E-state index is 0.0128. The summed E-state index contributed by atoms with van der Waals surface area (Å²) in [5.41, 5.74) is 1.27. The molecule has 1 aliphatic rings. The molecule has 0 radical (unpaired) electrons. The molecule has 1 heterocycles. The molecule has 4 nitrogen and oxygen atoms in total. The number of carbonyl (C=O) groups is 2. The fourth-order valence-electron chi connectivity index (χ4n) is 2.19. The van der Waals surface area contributed by atoms with Gasteiger partial charge in [-0.1, -0.05) is 12.1 Å². The van der Waals surface area contributed by atoms with Gasteiger partial charge in [-0.2, -0.15) is 0 Å². The lowest BCUT2D eigenvalue weighted by Crippen LogP contribution is -2.38. The van der Waals surface area contributed by atoms with Crippen LogP contribution in [0.3, 0.4) is 0 Å². The minimum atomic E-state index is 0.0128. The highest BCUT2D eigenvalue weighted by atomic mass is 16.2. The Morgan fingerprint density at radius 2 is 1.83 bits per heavy atom. The zero-order valence-corrected chi connectivity index (χ0v) is 10.8. The molecule has 1 amide bonds. The monoisotopic (exact) mass is 246 g/mol. The lowest BCUT2D eigenvalue weighted by atomic mass is 10.1. The van der Waals surface area contributed by atoms with Crippen LogP contribution < -0.4 is 5.32 Å². The van der Waals surface area contributed by atoms with E-state index in [1.54, 1.807) is 29.2 Å². The third kappa shape index (κ3) is 2.59. The van der Waals surface area contributed by atoms with Crippen LogP contribution in [0.2, 0.25) is 0 Å². The Morgan fingerprint density at radius 3 is 2.33 bits per heavy atom. The van der Waals surface area contributed by atoms with E-state index in [-0.39, 0.29) is 17.7 Å². The number of ketones is 1. The van der Waals surface area contributed by atoms with Gasteiger partial charge in [0.1, 0.15) is 0 Å². The standard InChI is InChI=1S/C14H18N2O2/c1-10(17)11-3-5-12(6-4-11)14(18)16(2)13-7-8-15-9-13/h3-6,13,15H,7-9H2,1-2H3. The van der Waals surface area contributed by atoms with Crippen LogP contribution in [0.4, 0.5) is 0 Å². The Hall–Kier alpha value is -1.68. The first kappa shape index (κ1) is 12.8. The van der Waals surface area contributed by atoms with E-state index in [4.69, 9.17) is 0 Å². The number of carbonyl (C=O) groups excluding carboxylic acids is 2. The van der Waals surface area contributed by atoms with Crippen molar-refractivity contribution in [1.29, 1.82) is 0 Å². The number of benzene rings is 1. The normalized spacial score (nSPS) is 18.7. The summed E-state index contributed by atoms with van der Waals surface area (Å²) in [5.74, 6) is 0.0288. The van der Waals surface area contributed by atoms with Gasteiger partial charge < -0.3 is 10.2 Å². The molecule has 1 N–H and O–H groups in total. The number of likely N-dealkylation sites (N-methyl/N-ethyl adjacent to an activating group) is 1. The molecule has 1 unspecified atom stereocenters. The molecule has 1 atom stereocenters. The summed E-state index contributed by atoms with van der Waals surface area (Å²) in [6.07, 6.45) is 0.994. The molecule has 0 saturated carbocycles. The van der Waals surface area contributed by atoms with Crippen molar-refractivity contribution < 1.29 is 9.59 Å². The molecule has 1 aromatic rings. The van der Waals surface area contributed by atoms with Crippen LogP contribution in [0.15, 0.2) is 24.3 Å². The summed E-state index contributed by atoms with van der Waals surface area (Å²) in [6.45, 7) is 3.34. The molecule has 1 saturated heterocycles. The number of amides is 1. The van der Waals surface area contributed by atoms with E-state index in [9.17, 15) is 9.59 Å². The smallest absolute Gasteiger partial charge is 0.253 e. The molecular formula is C14H18N2O2. The van der Waals surface area contributed by atoms with Crippen molar-refractivity contribution in [3.8, 4) is 0 Å². The number of rotatable bonds is 3. The average molecular weight is 246 g/mol. The maximum atomic E-state index is 12.2. The molecule has 0 spiro atoms. The van der Waals surface area contributed by atoms with E-state index < -0.39 is 0 Å². The van der Waals surface area contributed by atoms with E-state index in [2.05, 4.69) is 5.32 Å². The van der Waals surface area contributed by atoms with Crippen molar-refractivity contribution in [2.75, 3.05) is 20.1 Å². The molecule has 1 aliphatic heterocycles. The summed E-state index contributed by atoms with van der Waals surface area (Å²) in [7, 11) is 1.83. The Kier molecular flexibility index (Phi) is 3.77. The zero-order valence-electron chi connectivity index (χ0n) is 10.8. The molecule has 0 aliphatic carbocycles. The number of Topliss-reactive ketones (excluding diaryl/α,β-unsaturated/α-hetero) is 1. The minimum Gasteiger partial charge on any atom is -0.337 e. The van der Waals surface area contributed by atoms with Crippen LogP contribution in [0.1, 0.15) is 34.1 Å². The third-order valence-electron chi connectivity index (χ3n) is 3.44. The van der Waals surface area contributed by atoms with Crippen molar-refractivity contribution in [3.05, 3.63) is 35.4 Å². The van der Waals surface area contributed by atoms with Gasteiger partial charge in [0, 0.05) is 30.8 Å². The number of nitrogens with one attached hydrogen (secondary N) is 1. The Morgan fingerprint density at radius 1 is 1.22 bits per heavy atom. The molecule has 2 rings (SSSR count). The lowest BCUT2D eigenvalue weighted by molar-refractivity contribution is 0.0743. The Bertz CT molecular complexity index is 447. The van der Waals surface area contributed by atoms with Crippen molar-refractivity contribution in [1.82, 2.24) is 10.2 Å². The molecule has 0 aromatic heterocycles. The molecular weight excluding hydrogens is 228 g/mol. The van der Waals surface area contributed by atoms with E-state index in [0.717, 1.165) is 19.5 Å². The van der Waals surface area contributed by atoms with Gasteiger partial charge in [0.25, 0.3) is 5.91 Å². The first-order valence-corrected chi connectivity index (χ1v) is 6.18. The van der Waals surface area contributed by atoms with Crippen molar-refractivity contribution in [3.63, 3.8) is 0 Å². The second-order valence-corrected chi connectivity index (χ2v) is 4.70. The second-order valence-electron chi connectivity index (χ2n) is 4.70. The van der Waals surface area contributed by atoms with E-state index in [1.807, 2.05) is 7.05 Å². The van der Waals surface area contributed by atoms with Gasteiger partial charge in [-0.3, -0.25) is 9.59 Å². The maximum absolute atomic E-state index is 12.2. The van der Waals surface area contributed by atoms with E-state index in [1.165, 1.54) is 6.92 Å². The molecule has 1 aromatic carbocycles. The van der Waals surface area contributed by atoms with Crippen molar-refractivity contribution in [2.45, 2.75) is 19.4 Å². The molecule has 0 bridgehead atoms. The summed E-state index contributed by atoms with van der Waals surface area (Å²) >= 11 is 0. The predicted octanol–water partition coefficient (Wildman–Crippen LogP) is 1.32. The van der Waals surface area contributed by atoms with Gasteiger partial charge in [-0.25, -0.2) is 0 Å². The van der Waals surface area contributed by atoms with Crippen LogP contribution in [0.5, 0.6) is 0 Å². The first-order valence-electron chi connectivity index (χ1n) is 6.18. The van der Waals surface area contributed by atoms with Crippen LogP contribution in [-0.4, -0.2) is 42.8 Å². The van der Waals surface area contributed by atoms with Gasteiger partial charge in [-0.15, -0.1) is 0 Å². The number of hydrogen-bond acceptors (Lipinski definition) is 3. The molecule has 96 valence electrons. The van der Waals surface area contributed by atoms with Gasteiger partial charge in [0.15, 0.2) is 5.78 Å². The fraction of sp³-hybridized carbons (Fsp3) is 0.429. The average Bonchev–Trinajstić information content (AvgIpc) is 2.91. The Labute approximate surface area is 107 Å². The summed E-state index contributed by atoms with van der Waals surface area (Å²) < 4.78 is 0. The first-order chi connectivity index (χ1) is 8.59. The molecule has 18 heavy (non-hydrogen) atoms. The Balaban J connectivity index is 2.10. The second kappa shape index (κ2) is 5.31. The van der Waals surface area contributed by atoms with Crippen LogP contribution in [-0.2, 0) is 0 Å². The summed E-state index contributed by atoms with van der Waals surface area (Å²) in [5, 5.41) is 3.25. The van der Waals surface area contributed by atoms with Crippen LogP contribution in [0.25, 0.3) is 0 Å².